The summed E-state index contributed by atoms with van der Waals surface area (Å²) < 4.78 is 5.89. The summed E-state index contributed by atoms with van der Waals surface area (Å²) in [6.07, 6.45) is 2.62. The minimum Gasteiger partial charge on any atom is -0.489 e. The van der Waals surface area contributed by atoms with E-state index >= 15 is 0 Å². The van der Waals surface area contributed by atoms with Crippen molar-refractivity contribution in [3.63, 3.8) is 0 Å². The molecule has 152 valence electrons. The predicted octanol–water partition coefficient (Wildman–Crippen LogP) is 3.15. The number of halogens is 2. The summed E-state index contributed by atoms with van der Waals surface area (Å²) in [6, 6.07) is 7.37. The largest absolute Gasteiger partial charge is 0.489 e. The van der Waals surface area contributed by atoms with E-state index in [2.05, 4.69) is 20.5 Å². The number of hydrogen-bond donors (Lipinski definition) is 2. The normalized spacial score (nSPS) is 16.3. The Labute approximate surface area is 184 Å². The number of benzene rings is 1. The van der Waals surface area contributed by atoms with Gasteiger partial charge in [0.05, 0.1) is 6.54 Å². The summed E-state index contributed by atoms with van der Waals surface area (Å²) in [6.45, 7) is 4.50. The van der Waals surface area contributed by atoms with E-state index in [0.717, 1.165) is 37.6 Å². The fraction of sp³-hybridized carbons (Fsp3) is 0.579. The molecule has 2 N–H and O–H groups in total. The Morgan fingerprint density at radius 3 is 2.52 bits per heavy atom. The van der Waals surface area contributed by atoms with E-state index < -0.39 is 0 Å². The molecule has 0 aliphatic carbocycles. The maximum atomic E-state index is 11.5. The highest BCUT2D eigenvalue weighted by Gasteiger charge is 2.23. The number of hydrogen-bond acceptors (Lipinski definition) is 3. The third-order valence-electron chi connectivity index (χ3n) is 4.58. The average Bonchev–Trinajstić information content (AvgIpc) is 2.65. The second-order valence-corrected chi connectivity index (χ2v) is 7.05. The lowest BCUT2D eigenvalue weighted by atomic mass is 9.93. The van der Waals surface area contributed by atoms with Crippen molar-refractivity contribution in [1.82, 2.24) is 15.5 Å². The van der Waals surface area contributed by atoms with Crippen LogP contribution in [0.4, 0.5) is 0 Å². The van der Waals surface area contributed by atoms with Crippen LogP contribution in [0.3, 0.4) is 0 Å². The van der Waals surface area contributed by atoms with E-state index in [0.29, 0.717) is 23.9 Å². The van der Waals surface area contributed by atoms with Gasteiger partial charge < -0.3 is 20.3 Å². The van der Waals surface area contributed by atoms with E-state index in [1.807, 2.05) is 31.2 Å². The first-order chi connectivity index (χ1) is 12.5. The van der Waals surface area contributed by atoms with Gasteiger partial charge in [-0.25, -0.2) is 0 Å². The van der Waals surface area contributed by atoms with Gasteiger partial charge in [0, 0.05) is 38.6 Å². The lowest BCUT2D eigenvalue weighted by Gasteiger charge is -2.34. The first-order valence-electron chi connectivity index (χ1n) is 9.10. The van der Waals surface area contributed by atoms with Crippen molar-refractivity contribution in [2.45, 2.75) is 32.3 Å². The summed E-state index contributed by atoms with van der Waals surface area (Å²) in [7, 11) is 3.49. The van der Waals surface area contributed by atoms with Gasteiger partial charge in [-0.05, 0) is 49.9 Å². The zero-order valence-electron chi connectivity index (χ0n) is 16.2. The molecule has 1 aromatic carbocycles. The first-order valence-corrected chi connectivity index (χ1v) is 9.48. The van der Waals surface area contributed by atoms with Crippen LogP contribution >= 0.6 is 35.6 Å². The molecule has 0 radical (unpaired) electrons. The molecule has 8 heteroatoms. The molecule has 1 aliphatic rings. The summed E-state index contributed by atoms with van der Waals surface area (Å²) >= 11 is 5.89. The standard InChI is InChI=1S/C19H29ClN4O2.HI/c1-14(26-17-6-4-16(20)5-7-17)13-23-19(22-3)24-10-8-15(9-11-24)12-18(25)21-2;/h4-7,14-15H,8-13H2,1-3H3,(H,21,25)(H,22,23);1H. The van der Waals surface area contributed by atoms with Crippen molar-refractivity contribution in [1.29, 1.82) is 0 Å². The van der Waals surface area contributed by atoms with Crippen LogP contribution in [-0.4, -0.2) is 56.6 Å². The van der Waals surface area contributed by atoms with E-state index in [1.165, 1.54) is 0 Å². The Morgan fingerprint density at radius 2 is 1.96 bits per heavy atom. The van der Waals surface area contributed by atoms with Gasteiger partial charge in [-0.1, -0.05) is 11.6 Å². The van der Waals surface area contributed by atoms with Crippen LogP contribution in [0.25, 0.3) is 0 Å². The molecule has 6 nitrogen and oxygen atoms in total. The minimum atomic E-state index is -0.00119. The second kappa shape index (κ2) is 12.3. The number of rotatable bonds is 6. The van der Waals surface area contributed by atoms with E-state index in [9.17, 15) is 4.79 Å². The zero-order chi connectivity index (χ0) is 18.9. The Bertz CT molecular complexity index is 604. The topological polar surface area (TPSA) is 66.0 Å². The molecule has 0 spiro atoms. The average molecular weight is 509 g/mol. The minimum absolute atomic E-state index is 0. The molecular formula is C19H30ClIN4O2. The quantitative estimate of drug-likeness (QED) is 0.352. The lowest BCUT2D eigenvalue weighted by molar-refractivity contribution is -0.121. The van der Waals surface area contributed by atoms with Crippen molar-refractivity contribution >= 4 is 47.4 Å². The molecule has 1 aromatic rings. The van der Waals surface area contributed by atoms with Crippen molar-refractivity contribution in [2.75, 3.05) is 33.7 Å². The van der Waals surface area contributed by atoms with Crippen LogP contribution in [0.15, 0.2) is 29.3 Å². The number of piperidine rings is 1. The maximum absolute atomic E-state index is 11.5. The Kier molecular flexibility index (Phi) is 10.8. The summed E-state index contributed by atoms with van der Waals surface area (Å²) in [5.74, 6) is 2.26. The smallest absolute Gasteiger partial charge is 0.220 e. The number of nitrogens with one attached hydrogen (secondary N) is 2. The summed E-state index contributed by atoms with van der Waals surface area (Å²) in [5, 5.41) is 6.78. The Morgan fingerprint density at radius 1 is 1.33 bits per heavy atom. The monoisotopic (exact) mass is 508 g/mol. The number of ether oxygens (including phenoxy) is 1. The molecule has 1 unspecified atom stereocenters. The molecule has 1 saturated heterocycles. The maximum Gasteiger partial charge on any atom is 0.220 e. The molecule has 0 aromatic heterocycles. The van der Waals surface area contributed by atoms with Crippen molar-refractivity contribution in [3.05, 3.63) is 29.3 Å². The number of guanidine groups is 1. The van der Waals surface area contributed by atoms with Gasteiger partial charge in [0.1, 0.15) is 11.9 Å². The number of carbonyl (C=O) groups excluding carboxylic acids is 1. The highest BCUT2D eigenvalue weighted by Crippen LogP contribution is 2.20. The van der Waals surface area contributed by atoms with Crippen LogP contribution in [0, 0.1) is 5.92 Å². The molecule has 2 rings (SSSR count). The molecule has 0 bridgehead atoms. The number of carbonyl (C=O) groups is 1. The fourth-order valence-corrected chi connectivity index (χ4v) is 3.19. The molecule has 1 fully saturated rings. The lowest BCUT2D eigenvalue weighted by Crippen LogP contribution is -2.48. The molecule has 27 heavy (non-hydrogen) atoms. The number of aliphatic imine (C=N–C) groups is 1. The summed E-state index contributed by atoms with van der Waals surface area (Å²) in [5.41, 5.74) is 0. The molecule has 1 aliphatic heterocycles. The van der Waals surface area contributed by atoms with Crippen LogP contribution in [0.5, 0.6) is 5.75 Å². The van der Waals surface area contributed by atoms with Crippen molar-refractivity contribution in [2.24, 2.45) is 10.9 Å². The number of nitrogens with zero attached hydrogens (tertiary/aromatic N) is 2. The zero-order valence-corrected chi connectivity index (χ0v) is 19.3. The third kappa shape index (κ3) is 8.13. The Balaban J connectivity index is 0.00000364. The van der Waals surface area contributed by atoms with Crippen LogP contribution in [0.2, 0.25) is 5.02 Å². The van der Waals surface area contributed by atoms with Gasteiger partial charge in [-0.2, -0.15) is 0 Å². The van der Waals surface area contributed by atoms with Gasteiger partial charge in [0.15, 0.2) is 5.96 Å². The van der Waals surface area contributed by atoms with Gasteiger partial charge in [-0.3, -0.25) is 9.79 Å². The van der Waals surface area contributed by atoms with E-state index in [-0.39, 0.29) is 36.0 Å². The predicted molar refractivity (Wildman–Crippen MR) is 121 cm³/mol. The van der Waals surface area contributed by atoms with E-state index in [1.54, 1.807) is 14.1 Å². The van der Waals surface area contributed by atoms with Crippen LogP contribution in [-0.2, 0) is 4.79 Å². The van der Waals surface area contributed by atoms with E-state index in [4.69, 9.17) is 16.3 Å². The second-order valence-electron chi connectivity index (χ2n) is 6.62. The molecule has 1 amide bonds. The van der Waals surface area contributed by atoms with Gasteiger partial charge in [0.2, 0.25) is 5.91 Å². The van der Waals surface area contributed by atoms with Crippen molar-refractivity contribution in [3.8, 4) is 5.75 Å². The van der Waals surface area contributed by atoms with Crippen LogP contribution in [0.1, 0.15) is 26.2 Å². The highest BCUT2D eigenvalue weighted by atomic mass is 127. The molecule has 1 heterocycles. The van der Waals surface area contributed by atoms with Crippen LogP contribution < -0.4 is 15.4 Å². The van der Waals surface area contributed by atoms with Gasteiger partial charge in [-0.15, -0.1) is 24.0 Å². The highest BCUT2D eigenvalue weighted by molar-refractivity contribution is 14.0. The molecular weight excluding hydrogens is 479 g/mol. The van der Waals surface area contributed by atoms with Gasteiger partial charge >= 0.3 is 0 Å². The fourth-order valence-electron chi connectivity index (χ4n) is 3.07. The summed E-state index contributed by atoms with van der Waals surface area (Å²) in [4.78, 5) is 18.1. The number of amides is 1. The molecule has 0 saturated carbocycles. The van der Waals surface area contributed by atoms with Crippen molar-refractivity contribution < 1.29 is 9.53 Å². The third-order valence-corrected chi connectivity index (χ3v) is 4.83. The number of likely N-dealkylation sites (tertiary alicyclic amines) is 1. The SMILES string of the molecule is CN=C(NCC(C)Oc1ccc(Cl)cc1)N1CCC(CC(=O)NC)CC1.I. The van der Waals surface area contributed by atoms with Gasteiger partial charge in [0.25, 0.3) is 0 Å². The Hall–Kier alpha value is -1.22. The first kappa shape index (κ1) is 23.8. The molecule has 1 atom stereocenters.